The summed E-state index contributed by atoms with van der Waals surface area (Å²) in [4.78, 5) is 50.2. The van der Waals surface area contributed by atoms with Crippen molar-refractivity contribution in [2.24, 2.45) is 0 Å². The molecule has 8 rings (SSSR count). The first-order valence-electron chi connectivity index (χ1n) is 23.9. The lowest BCUT2D eigenvalue weighted by atomic mass is 9.76. The maximum atomic E-state index is 13.7. The summed E-state index contributed by atoms with van der Waals surface area (Å²) in [5, 5.41) is 5.95. The number of hydrogen-bond acceptors (Lipinski definition) is 6. The van der Waals surface area contributed by atoms with E-state index in [-0.39, 0.29) is 23.8 Å². The molecule has 6 aromatic rings. The van der Waals surface area contributed by atoms with Gasteiger partial charge in [0.25, 0.3) is 0 Å². The highest BCUT2D eigenvalue weighted by atomic mass is 17.2. The van der Waals surface area contributed by atoms with Crippen LogP contribution in [0.2, 0.25) is 0 Å². The van der Waals surface area contributed by atoms with E-state index < -0.39 is 5.97 Å². The lowest BCUT2D eigenvalue weighted by Gasteiger charge is -2.29. The number of anilines is 2. The van der Waals surface area contributed by atoms with Gasteiger partial charge in [0, 0.05) is 40.8 Å². The number of esters is 1. The monoisotopic (exact) mass is 892 g/mol. The van der Waals surface area contributed by atoms with Crippen LogP contribution in [0.4, 0.5) is 11.4 Å². The van der Waals surface area contributed by atoms with Crippen molar-refractivity contribution in [3.05, 3.63) is 189 Å². The summed E-state index contributed by atoms with van der Waals surface area (Å²) in [5.41, 5.74) is 11.3. The molecular weight excluding hydrogens is 833 g/mol. The molecule has 0 saturated heterocycles. The fourth-order valence-corrected chi connectivity index (χ4v) is 9.29. The van der Waals surface area contributed by atoms with Gasteiger partial charge in [-0.15, -0.1) is 0 Å². The molecule has 0 aromatic heterocycles. The molecule has 8 nitrogen and oxygen atoms in total. The van der Waals surface area contributed by atoms with Crippen molar-refractivity contribution in [2.45, 2.75) is 103 Å². The van der Waals surface area contributed by atoms with Gasteiger partial charge in [-0.1, -0.05) is 149 Å². The highest BCUT2D eigenvalue weighted by Gasteiger charge is 2.49. The number of ether oxygens (including phenoxy) is 1. The maximum absolute atomic E-state index is 13.7. The first kappa shape index (κ1) is 46.5. The lowest BCUT2D eigenvalue weighted by Crippen LogP contribution is -2.24. The van der Waals surface area contributed by atoms with E-state index in [4.69, 9.17) is 14.5 Å². The van der Waals surface area contributed by atoms with E-state index in [0.717, 1.165) is 115 Å². The molecule has 0 saturated carbocycles. The van der Waals surface area contributed by atoms with Gasteiger partial charge in [-0.25, -0.2) is 4.79 Å². The third kappa shape index (κ3) is 11.9. The van der Waals surface area contributed by atoms with Crippen LogP contribution in [0.25, 0.3) is 24.3 Å². The van der Waals surface area contributed by atoms with Crippen LogP contribution in [-0.2, 0) is 39.3 Å². The number of rotatable bonds is 20. The number of unbranched alkanes of at least 4 members (excludes halogenated alkanes) is 4. The van der Waals surface area contributed by atoms with Gasteiger partial charge in [0.2, 0.25) is 11.8 Å². The number of hydrogen-bond donors (Lipinski definition) is 2. The van der Waals surface area contributed by atoms with Gasteiger partial charge in [0.1, 0.15) is 12.4 Å². The summed E-state index contributed by atoms with van der Waals surface area (Å²) in [6.07, 6.45) is 18.9. The van der Waals surface area contributed by atoms with Crippen molar-refractivity contribution in [1.29, 1.82) is 0 Å². The van der Waals surface area contributed by atoms with E-state index in [1.807, 2.05) is 109 Å². The fraction of sp³-hybridized carbons (Fsp3) is 0.271. The minimum atomic E-state index is -0.403. The van der Waals surface area contributed by atoms with Gasteiger partial charge in [-0.05, 0) is 126 Å². The molecule has 2 N–H and O–H groups in total. The summed E-state index contributed by atoms with van der Waals surface area (Å²) < 4.78 is 6.26. The summed E-state index contributed by atoms with van der Waals surface area (Å²) in [6.45, 7) is 4.53. The molecule has 342 valence electrons. The summed E-state index contributed by atoms with van der Waals surface area (Å²) >= 11 is 0. The van der Waals surface area contributed by atoms with Crippen molar-refractivity contribution in [1.82, 2.24) is 0 Å². The van der Waals surface area contributed by atoms with Crippen molar-refractivity contribution >= 4 is 53.5 Å². The Kier molecular flexibility index (Phi) is 15.6. The van der Waals surface area contributed by atoms with Crippen LogP contribution >= 0.6 is 0 Å². The smallest absolute Gasteiger partial charge is 0.343 e. The molecule has 0 bridgehead atoms. The molecule has 0 aliphatic heterocycles. The highest BCUT2D eigenvalue weighted by Crippen LogP contribution is 2.57. The molecule has 0 heterocycles. The van der Waals surface area contributed by atoms with Crippen LogP contribution in [0.15, 0.2) is 133 Å². The third-order valence-electron chi connectivity index (χ3n) is 12.9. The van der Waals surface area contributed by atoms with Crippen LogP contribution in [0.1, 0.15) is 138 Å². The van der Waals surface area contributed by atoms with Gasteiger partial charge < -0.3 is 20.3 Å². The minimum absolute atomic E-state index is 0.0437. The Morgan fingerprint density at radius 3 is 1.48 bits per heavy atom. The molecule has 1 atom stereocenters. The molecule has 2 aliphatic rings. The normalized spacial score (nSPS) is 14.9. The number of carbonyl (C=O) groups is 3. The van der Waals surface area contributed by atoms with Crippen LogP contribution in [-0.4, -0.2) is 17.8 Å². The Morgan fingerprint density at radius 1 is 0.537 bits per heavy atom. The summed E-state index contributed by atoms with van der Waals surface area (Å²) in [6, 6.07) is 43.5. The number of nitrogens with one attached hydrogen (secondary N) is 2. The summed E-state index contributed by atoms with van der Waals surface area (Å²) in [7, 11) is 0. The van der Waals surface area contributed by atoms with Crippen LogP contribution in [0.5, 0.6) is 11.5 Å². The van der Waals surface area contributed by atoms with E-state index in [0.29, 0.717) is 29.9 Å². The molecule has 2 aliphatic carbocycles. The average molecular weight is 893 g/mol. The van der Waals surface area contributed by atoms with E-state index >= 15 is 0 Å². The lowest BCUT2D eigenvalue weighted by molar-refractivity contribution is -0.218. The Bertz CT molecular complexity index is 2700. The van der Waals surface area contributed by atoms with Gasteiger partial charge in [-0.2, -0.15) is 4.89 Å². The van der Waals surface area contributed by atoms with E-state index in [2.05, 4.69) is 60.9 Å². The predicted molar refractivity (Wildman–Crippen MR) is 270 cm³/mol. The molecule has 0 radical (unpaired) electrons. The topological polar surface area (TPSA) is 103 Å². The SMILES string of the molecule is CCCCCC(=O)Nc1ccc(/C=C/c2ccc(COOc3cccc4c3C3(CC4)CCc4cccc(OC(=O)c5ccc(/C=C/c6ccc(NC(=O)CCCCC)cc6)cc5)c43)cc2)cc1. The number of aryl methyl sites for hydroxylation is 2. The quantitative estimate of drug-likeness (QED) is 0.0198. The van der Waals surface area contributed by atoms with Gasteiger partial charge in [0.05, 0.1) is 5.56 Å². The van der Waals surface area contributed by atoms with Gasteiger partial charge in [0.15, 0.2) is 5.75 Å². The highest BCUT2D eigenvalue weighted by molar-refractivity contribution is 5.93. The second kappa shape index (κ2) is 22.4. The van der Waals surface area contributed by atoms with Crippen LogP contribution < -0.4 is 20.3 Å². The van der Waals surface area contributed by atoms with E-state index in [9.17, 15) is 14.4 Å². The molecule has 1 unspecified atom stereocenters. The first-order valence-corrected chi connectivity index (χ1v) is 23.9. The summed E-state index contributed by atoms with van der Waals surface area (Å²) in [5.74, 6) is 0.973. The largest absolute Gasteiger partial charge is 0.423 e. The number of benzene rings is 6. The van der Waals surface area contributed by atoms with E-state index in [1.165, 1.54) is 11.1 Å². The number of amides is 2. The fourth-order valence-electron chi connectivity index (χ4n) is 9.29. The van der Waals surface area contributed by atoms with Crippen LogP contribution in [0, 0.1) is 0 Å². The maximum Gasteiger partial charge on any atom is 0.343 e. The second-order valence-corrected chi connectivity index (χ2v) is 17.7. The van der Waals surface area contributed by atoms with Gasteiger partial charge >= 0.3 is 5.97 Å². The van der Waals surface area contributed by atoms with Gasteiger partial charge in [-0.3, -0.25) is 9.59 Å². The minimum Gasteiger partial charge on any atom is -0.423 e. The zero-order valence-electron chi connectivity index (χ0n) is 38.7. The Balaban J connectivity index is 0.869. The van der Waals surface area contributed by atoms with Crippen molar-refractivity contribution in [3.8, 4) is 11.5 Å². The zero-order valence-corrected chi connectivity index (χ0v) is 38.7. The molecule has 8 heteroatoms. The number of fused-ring (bicyclic) bond motifs is 4. The predicted octanol–water partition coefficient (Wildman–Crippen LogP) is 14.0. The molecule has 6 aromatic carbocycles. The molecule has 2 amide bonds. The molecule has 0 fully saturated rings. The third-order valence-corrected chi connectivity index (χ3v) is 12.9. The van der Waals surface area contributed by atoms with Crippen molar-refractivity contribution < 1.29 is 28.9 Å². The Morgan fingerprint density at radius 2 is 0.985 bits per heavy atom. The van der Waals surface area contributed by atoms with Crippen molar-refractivity contribution in [2.75, 3.05) is 10.6 Å². The standard InChI is InChI=1S/C59H60N2O6/c1-3-5-7-15-54(62)60-50-33-27-44(28-34-50)19-17-42-21-23-46(24-22-42)41-65-67-53-14-10-12-48-38-40-59(57(48)53)39-37-47-11-9-13-52(56(47)59)66-58(64)49-31-25-43(26-32-49)18-20-45-29-35-51(36-30-45)61-55(63)16-8-6-4-2/h9-14,17-36H,3-8,15-16,37-41H2,1-2H3,(H,60,62)(H,61,63)/b19-17+,20-18+. The Hall–Kier alpha value is -7.03. The second-order valence-electron chi connectivity index (χ2n) is 17.7. The Labute approximate surface area is 395 Å². The van der Waals surface area contributed by atoms with E-state index in [1.54, 1.807) is 12.1 Å². The molecular formula is C59H60N2O6. The zero-order chi connectivity index (χ0) is 46.4. The molecule has 1 spiro atoms. The molecule has 67 heavy (non-hydrogen) atoms. The average Bonchev–Trinajstić information content (AvgIpc) is 3.93. The van der Waals surface area contributed by atoms with Crippen LogP contribution in [0.3, 0.4) is 0 Å². The first-order chi connectivity index (χ1) is 32.8. The van der Waals surface area contributed by atoms with Crippen molar-refractivity contribution in [3.63, 3.8) is 0 Å². The number of carbonyl (C=O) groups excluding carboxylic acids is 3.